The number of amides is 2. The minimum absolute atomic E-state index is 0.0481. The largest absolute Gasteiger partial charge is 0.348 e. The fourth-order valence-electron chi connectivity index (χ4n) is 3.89. The molecule has 0 N–H and O–H groups in total. The zero-order valence-electron chi connectivity index (χ0n) is 15.4. The third-order valence-electron chi connectivity index (χ3n) is 5.30. The Kier molecular flexibility index (Phi) is 5.50. The van der Waals surface area contributed by atoms with Crippen molar-refractivity contribution in [3.63, 3.8) is 0 Å². The summed E-state index contributed by atoms with van der Waals surface area (Å²) in [5, 5.41) is 5.85. The van der Waals surface area contributed by atoms with Crippen molar-refractivity contribution in [2.24, 2.45) is 5.10 Å². The van der Waals surface area contributed by atoms with Crippen LogP contribution in [-0.4, -0.2) is 59.5 Å². The summed E-state index contributed by atoms with van der Waals surface area (Å²) >= 11 is 0. The second-order valence-electron chi connectivity index (χ2n) is 7.16. The van der Waals surface area contributed by atoms with Crippen LogP contribution in [0.4, 0.5) is 0 Å². The first-order valence-corrected chi connectivity index (χ1v) is 9.68. The number of ether oxygens (including phenoxy) is 2. The van der Waals surface area contributed by atoms with Gasteiger partial charge in [-0.25, -0.2) is 5.01 Å². The first kappa shape index (κ1) is 18.1. The van der Waals surface area contributed by atoms with Crippen molar-refractivity contribution in [1.29, 1.82) is 0 Å². The maximum atomic E-state index is 13.2. The van der Waals surface area contributed by atoms with Crippen LogP contribution < -0.4 is 0 Å². The molecule has 3 aliphatic heterocycles. The molecule has 0 radical (unpaired) electrons. The first-order chi connectivity index (χ1) is 13.2. The van der Waals surface area contributed by atoms with Gasteiger partial charge in [-0.2, -0.15) is 5.10 Å². The van der Waals surface area contributed by atoms with Crippen molar-refractivity contribution in [1.82, 2.24) is 9.91 Å². The highest BCUT2D eigenvalue weighted by Crippen LogP contribution is 2.26. The van der Waals surface area contributed by atoms with Gasteiger partial charge in [0.1, 0.15) is 5.71 Å². The standard InChI is InChI=1S/C20H25N3O4/c24-18-10-9-16(21-23(18)14-15-6-2-1-3-7-15)19(25)22-11-5-4-8-17(22)20-26-12-13-27-20/h1-3,6-7,17,20H,4-5,8-14H2. The number of carbonyl (C=O) groups is 2. The molecule has 0 aromatic heterocycles. The van der Waals surface area contributed by atoms with Crippen LogP contribution in [0, 0.1) is 0 Å². The van der Waals surface area contributed by atoms with Crippen LogP contribution in [0.25, 0.3) is 0 Å². The van der Waals surface area contributed by atoms with E-state index < -0.39 is 0 Å². The van der Waals surface area contributed by atoms with Gasteiger partial charge in [0.15, 0.2) is 6.29 Å². The van der Waals surface area contributed by atoms with Gasteiger partial charge in [0, 0.05) is 19.4 Å². The van der Waals surface area contributed by atoms with Crippen molar-refractivity contribution < 1.29 is 19.1 Å². The number of hydrogen-bond acceptors (Lipinski definition) is 5. The third kappa shape index (κ3) is 4.04. The van der Waals surface area contributed by atoms with Gasteiger partial charge < -0.3 is 14.4 Å². The lowest BCUT2D eigenvalue weighted by molar-refractivity contribution is -0.144. The summed E-state index contributed by atoms with van der Waals surface area (Å²) in [4.78, 5) is 27.3. The van der Waals surface area contributed by atoms with E-state index >= 15 is 0 Å². The van der Waals surface area contributed by atoms with E-state index in [0.717, 1.165) is 24.8 Å². The van der Waals surface area contributed by atoms with Gasteiger partial charge in [-0.05, 0) is 24.8 Å². The first-order valence-electron chi connectivity index (χ1n) is 9.68. The molecule has 3 aliphatic rings. The number of nitrogens with zero attached hydrogens (tertiary/aromatic N) is 3. The summed E-state index contributed by atoms with van der Waals surface area (Å²) in [6.07, 6.45) is 3.25. The lowest BCUT2D eigenvalue weighted by atomic mass is 10.00. The lowest BCUT2D eigenvalue weighted by Crippen LogP contribution is -2.53. The Bertz CT molecular complexity index is 715. The Labute approximate surface area is 158 Å². The maximum Gasteiger partial charge on any atom is 0.270 e. The number of benzene rings is 1. The zero-order chi connectivity index (χ0) is 18.6. The van der Waals surface area contributed by atoms with Crippen molar-refractivity contribution in [2.45, 2.75) is 51.0 Å². The predicted octanol–water partition coefficient (Wildman–Crippen LogP) is 1.92. The fraction of sp³-hybridized carbons (Fsp3) is 0.550. The number of hydrogen-bond donors (Lipinski definition) is 0. The van der Waals surface area contributed by atoms with Gasteiger partial charge in [-0.15, -0.1) is 0 Å². The molecular formula is C20H25N3O4. The van der Waals surface area contributed by atoms with E-state index in [1.165, 1.54) is 5.01 Å². The van der Waals surface area contributed by atoms with Crippen molar-refractivity contribution >= 4 is 17.5 Å². The summed E-state index contributed by atoms with van der Waals surface area (Å²) in [5.41, 5.74) is 1.45. The molecule has 0 saturated carbocycles. The normalized spacial score (nSPS) is 24.2. The van der Waals surface area contributed by atoms with Crippen molar-refractivity contribution in [2.75, 3.05) is 19.8 Å². The molecule has 0 spiro atoms. The molecule has 2 saturated heterocycles. The van der Waals surface area contributed by atoms with Gasteiger partial charge in [0.25, 0.3) is 5.91 Å². The molecule has 0 bridgehead atoms. The van der Waals surface area contributed by atoms with Gasteiger partial charge >= 0.3 is 0 Å². The molecule has 7 heteroatoms. The molecule has 3 heterocycles. The highest BCUT2D eigenvalue weighted by Gasteiger charge is 2.38. The molecule has 27 heavy (non-hydrogen) atoms. The summed E-state index contributed by atoms with van der Waals surface area (Å²) in [7, 11) is 0. The number of piperidine rings is 1. The Hall–Kier alpha value is -2.25. The van der Waals surface area contributed by atoms with Gasteiger partial charge in [-0.1, -0.05) is 30.3 Å². The molecule has 7 nitrogen and oxygen atoms in total. The fourth-order valence-corrected chi connectivity index (χ4v) is 3.89. The van der Waals surface area contributed by atoms with E-state index in [4.69, 9.17) is 9.47 Å². The molecule has 4 rings (SSSR count). The van der Waals surface area contributed by atoms with Crippen LogP contribution in [-0.2, 0) is 25.6 Å². The van der Waals surface area contributed by atoms with Crippen LogP contribution in [0.5, 0.6) is 0 Å². The van der Waals surface area contributed by atoms with Crippen molar-refractivity contribution in [3.05, 3.63) is 35.9 Å². The van der Waals surface area contributed by atoms with E-state index in [-0.39, 0.29) is 24.1 Å². The molecule has 1 aromatic carbocycles. The van der Waals surface area contributed by atoms with E-state index in [1.54, 1.807) is 0 Å². The van der Waals surface area contributed by atoms with Gasteiger partial charge in [0.2, 0.25) is 5.91 Å². The van der Waals surface area contributed by atoms with Crippen LogP contribution in [0.3, 0.4) is 0 Å². The summed E-state index contributed by atoms with van der Waals surface area (Å²) in [6.45, 7) is 2.21. The smallest absolute Gasteiger partial charge is 0.270 e. The molecule has 2 fully saturated rings. The highest BCUT2D eigenvalue weighted by molar-refractivity contribution is 6.39. The molecule has 2 amide bonds. The van der Waals surface area contributed by atoms with Crippen LogP contribution in [0.2, 0.25) is 0 Å². The molecule has 0 aliphatic carbocycles. The van der Waals surface area contributed by atoms with E-state index in [2.05, 4.69) is 5.10 Å². The van der Waals surface area contributed by atoms with E-state index in [1.807, 2.05) is 35.2 Å². The Morgan fingerprint density at radius 2 is 1.89 bits per heavy atom. The predicted molar refractivity (Wildman–Crippen MR) is 98.7 cm³/mol. The van der Waals surface area contributed by atoms with E-state index in [9.17, 15) is 9.59 Å². The SMILES string of the molecule is O=C1CCC(C(=O)N2CCCCC2C2OCCO2)=NN1Cc1ccccc1. The quantitative estimate of drug-likeness (QED) is 0.811. The van der Waals surface area contributed by atoms with Crippen LogP contribution >= 0.6 is 0 Å². The number of rotatable bonds is 4. The molecule has 1 unspecified atom stereocenters. The zero-order valence-corrected chi connectivity index (χ0v) is 15.4. The van der Waals surface area contributed by atoms with E-state index in [0.29, 0.717) is 44.9 Å². The number of carbonyl (C=O) groups excluding carboxylic acids is 2. The molecular weight excluding hydrogens is 346 g/mol. The monoisotopic (exact) mass is 371 g/mol. The summed E-state index contributed by atoms with van der Waals surface area (Å²) in [6, 6.07) is 9.63. The average Bonchev–Trinajstić information content (AvgIpc) is 3.25. The number of hydrazone groups is 1. The van der Waals surface area contributed by atoms with Crippen LogP contribution in [0.15, 0.2) is 35.4 Å². The molecule has 144 valence electrons. The highest BCUT2D eigenvalue weighted by atomic mass is 16.7. The second-order valence-corrected chi connectivity index (χ2v) is 7.16. The average molecular weight is 371 g/mol. The Balaban J connectivity index is 1.50. The summed E-state index contributed by atoms with van der Waals surface area (Å²) in [5.74, 6) is -0.141. The van der Waals surface area contributed by atoms with Crippen LogP contribution in [0.1, 0.15) is 37.7 Å². The summed E-state index contributed by atoms with van der Waals surface area (Å²) < 4.78 is 11.3. The molecule has 1 atom stereocenters. The van der Waals surface area contributed by atoms with Crippen molar-refractivity contribution in [3.8, 4) is 0 Å². The molecule has 1 aromatic rings. The topological polar surface area (TPSA) is 71.4 Å². The lowest BCUT2D eigenvalue weighted by Gasteiger charge is -2.38. The minimum Gasteiger partial charge on any atom is -0.348 e. The third-order valence-corrected chi connectivity index (χ3v) is 5.30. The van der Waals surface area contributed by atoms with Gasteiger partial charge in [-0.3, -0.25) is 9.59 Å². The Morgan fingerprint density at radius 1 is 1.11 bits per heavy atom. The number of likely N-dealkylation sites (tertiary alicyclic amines) is 1. The van der Waals surface area contributed by atoms with Gasteiger partial charge in [0.05, 0.1) is 25.8 Å². The second kappa shape index (κ2) is 8.19. The minimum atomic E-state index is -0.347. The Morgan fingerprint density at radius 3 is 2.67 bits per heavy atom. The maximum absolute atomic E-state index is 13.2.